The highest BCUT2D eigenvalue weighted by molar-refractivity contribution is 6.30. The molecule has 2 rings (SSSR count). The molecule has 0 saturated carbocycles. The number of aldehydes is 1. The van der Waals surface area contributed by atoms with Gasteiger partial charge in [0.1, 0.15) is 5.75 Å². The summed E-state index contributed by atoms with van der Waals surface area (Å²) >= 11 is 5.88. The second-order valence-corrected chi connectivity index (χ2v) is 4.28. The summed E-state index contributed by atoms with van der Waals surface area (Å²) in [5, 5.41) is 4.67. The number of ether oxygens (including phenoxy) is 1. The number of halogens is 1. The van der Waals surface area contributed by atoms with E-state index in [1.165, 1.54) is 0 Å². The van der Waals surface area contributed by atoms with Crippen LogP contribution in [-0.2, 0) is 6.54 Å². The molecule has 0 radical (unpaired) electrons. The van der Waals surface area contributed by atoms with Crippen molar-refractivity contribution >= 4 is 17.9 Å². The van der Waals surface area contributed by atoms with Crippen LogP contribution in [0.1, 0.15) is 23.7 Å². The molecule has 18 heavy (non-hydrogen) atoms. The number of aryl methyl sites for hydroxylation is 1. The van der Waals surface area contributed by atoms with E-state index in [0.717, 1.165) is 19.3 Å². The van der Waals surface area contributed by atoms with Gasteiger partial charge in [-0.15, -0.1) is 0 Å². The summed E-state index contributed by atoms with van der Waals surface area (Å²) in [6.45, 7) is 2.91. The van der Waals surface area contributed by atoms with Gasteiger partial charge in [0.25, 0.3) is 0 Å². The predicted octanol–water partition coefficient (Wildman–Crippen LogP) is 3.55. The van der Waals surface area contributed by atoms with Gasteiger partial charge in [0.15, 0.2) is 12.0 Å². The minimum absolute atomic E-state index is 0.438. The van der Waals surface area contributed by atoms with Crippen LogP contribution in [0.15, 0.2) is 30.6 Å². The molecule has 5 heteroatoms. The summed E-state index contributed by atoms with van der Waals surface area (Å²) < 4.78 is 7.40. The first kappa shape index (κ1) is 12.6. The highest BCUT2D eigenvalue weighted by Crippen LogP contribution is 2.27. The van der Waals surface area contributed by atoms with Crippen molar-refractivity contribution in [3.05, 3.63) is 41.2 Å². The Morgan fingerprint density at radius 1 is 1.50 bits per heavy atom. The average molecular weight is 265 g/mol. The van der Waals surface area contributed by atoms with Crippen molar-refractivity contribution in [3.63, 3.8) is 0 Å². The molecule has 1 aromatic heterocycles. The average Bonchev–Trinajstić information content (AvgIpc) is 2.77. The van der Waals surface area contributed by atoms with Gasteiger partial charge in [-0.1, -0.05) is 18.5 Å². The Morgan fingerprint density at radius 2 is 2.33 bits per heavy atom. The van der Waals surface area contributed by atoms with E-state index in [1.54, 1.807) is 35.3 Å². The van der Waals surface area contributed by atoms with Crippen molar-refractivity contribution in [1.29, 1.82) is 0 Å². The van der Waals surface area contributed by atoms with Gasteiger partial charge >= 0.3 is 0 Å². The van der Waals surface area contributed by atoms with E-state index < -0.39 is 0 Å². The highest BCUT2D eigenvalue weighted by Gasteiger charge is 2.07. The van der Waals surface area contributed by atoms with E-state index in [9.17, 15) is 4.79 Å². The van der Waals surface area contributed by atoms with Crippen LogP contribution in [-0.4, -0.2) is 16.1 Å². The Labute approximate surface area is 110 Å². The van der Waals surface area contributed by atoms with Gasteiger partial charge in [0.2, 0.25) is 0 Å². The maximum atomic E-state index is 10.9. The van der Waals surface area contributed by atoms with E-state index in [0.29, 0.717) is 22.1 Å². The minimum Gasteiger partial charge on any atom is -0.453 e. The Hall–Kier alpha value is -1.81. The molecule has 0 atom stereocenters. The van der Waals surface area contributed by atoms with E-state index in [1.807, 2.05) is 0 Å². The Kier molecular flexibility index (Phi) is 3.99. The fourth-order valence-corrected chi connectivity index (χ4v) is 1.73. The smallest absolute Gasteiger partial charge is 0.165 e. The zero-order valence-corrected chi connectivity index (χ0v) is 10.7. The number of benzene rings is 1. The Morgan fingerprint density at radius 3 is 3.06 bits per heavy atom. The van der Waals surface area contributed by atoms with Crippen molar-refractivity contribution < 1.29 is 9.53 Å². The summed E-state index contributed by atoms with van der Waals surface area (Å²) in [5.74, 6) is 1.03. The number of aromatic nitrogens is 2. The molecular weight excluding hydrogens is 252 g/mol. The molecule has 1 aromatic carbocycles. The van der Waals surface area contributed by atoms with Gasteiger partial charge < -0.3 is 4.74 Å². The first-order valence-electron chi connectivity index (χ1n) is 5.68. The summed E-state index contributed by atoms with van der Waals surface area (Å²) in [5.41, 5.74) is 0.461. The number of nitrogens with zero attached hydrogens (tertiary/aromatic N) is 2. The Balaban J connectivity index is 2.21. The summed E-state index contributed by atoms with van der Waals surface area (Å²) in [6.07, 6.45) is 5.14. The van der Waals surface area contributed by atoms with Gasteiger partial charge in [0.05, 0.1) is 18.0 Å². The molecule has 1 heterocycles. The standard InChI is InChI=1S/C13H13ClN2O2/c1-2-5-16-8-12(7-15-16)18-13-6-11(14)4-3-10(13)9-17/h3-4,6-9H,2,5H2,1H3. The van der Waals surface area contributed by atoms with Crippen LogP contribution in [0.25, 0.3) is 0 Å². The third-order valence-electron chi connectivity index (χ3n) is 2.39. The lowest BCUT2D eigenvalue weighted by Crippen LogP contribution is -1.95. The number of hydrogen-bond donors (Lipinski definition) is 0. The Bertz CT molecular complexity index is 552. The summed E-state index contributed by atoms with van der Waals surface area (Å²) in [6, 6.07) is 4.89. The monoisotopic (exact) mass is 264 g/mol. The molecule has 4 nitrogen and oxygen atoms in total. The van der Waals surface area contributed by atoms with Gasteiger partial charge in [-0.3, -0.25) is 9.48 Å². The van der Waals surface area contributed by atoms with Gasteiger partial charge in [-0.25, -0.2) is 0 Å². The summed E-state index contributed by atoms with van der Waals surface area (Å²) in [4.78, 5) is 10.9. The lowest BCUT2D eigenvalue weighted by atomic mass is 10.2. The zero-order chi connectivity index (χ0) is 13.0. The van der Waals surface area contributed by atoms with Crippen LogP contribution < -0.4 is 4.74 Å². The molecule has 94 valence electrons. The van der Waals surface area contributed by atoms with Crippen LogP contribution in [0, 0.1) is 0 Å². The molecule has 0 fully saturated rings. The molecule has 0 N–H and O–H groups in total. The van der Waals surface area contributed by atoms with E-state index in [2.05, 4.69) is 12.0 Å². The fraction of sp³-hybridized carbons (Fsp3) is 0.231. The third kappa shape index (κ3) is 2.90. The zero-order valence-electron chi connectivity index (χ0n) is 9.97. The normalized spacial score (nSPS) is 10.3. The van der Waals surface area contributed by atoms with Gasteiger partial charge in [-0.2, -0.15) is 5.10 Å². The SMILES string of the molecule is CCCn1cc(Oc2cc(Cl)ccc2C=O)cn1. The molecule has 0 amide bonds. The lowest BCUT2D eigenvalue weighted by molar-refractivity contribution is 0.112. The van der Waals surface area contributed by atoms with Crippen LogP contribution in [0.5, 0.6) is 11.5 Å². The first-order valence-corrected chi connectivity index (χ1v) is 6.05. The molecule has 0 aliphatic carbocycles. The van der Waals surface area contributed by atoms with Crippen LogP contribution in [0.2, 0.25) is 5.02 Å². The highest BCUT2D eigenvalue weighted by atomic mass is 35.5. The third-order valence-corrected chi connectivity index (χ3v) is 2.63. The topological polar surface area (TPSA) is 44.1 Å². The minimum atomic E-state index is 0.438. The van der Waals surface area contributed by atoms with Crippen molar-refractivity contribution in [1.82, 2.24) is 9.78 Å². The van der Waals surface area contributed by atoms with Crippen molar-refractivity contribution in [3.8, 4) is 11.5 Å². The van der Waals surface area contributed by atoms with Gasteiger partial charge in [0, 0.05) is 17.6 Å². The van der Waals surface area contributed by atoms with Crippen molar-refractivity contribution in [2.75, 3.05) is 0 Å². The van der Waals surface area contributed by atoms with E-state index in [4.69, 9.17) is 16.3 Å². The molecule has 0 bridgehead atoms. The van der Waals surface area contributed by atoms with Crippen LogP contribution >= 0.6 is 11.6 Å². The van der Waals surface area contributed by atoms with Crippen molar-refractivity contribution in [2.24, 2.45) is 0 Å². The largest absolute Gasteiger partial charge is 0.453 e. The molecule has 2 aromatic rings. The fourth-order valence-electron chi connectivity index (χ4n) is 1.57. The molecule has 0 aliphatic heterocycles. The quantitative estimate of drug-likeness (QED) is 0.776. The lowest BCUT2D eigenvalue weighted by Gasteiger charge is -2.05. The maximum Gasteiger partial charge on any atom is 0.165 e. The van der Waals surface area contributed by atoms with Crippen LogP contribution in [0.4, 0.5) is 0 Å². The molecule has 0 aliphatic rings. The molecule has 0 saturated heterocycles. The molecule has 0 spiro atoms. The first-order chi connectivity index (χ1) is 8.72. The van der Waals surface area contributed by atoms with E-state index in [-0.39, 0.29) is 0 Å². The summed E-state index contributed by atoms with van der Waals surface area (Å²) in [7, 11) is 0. The van der Waals surface area contributed by atoms with Crippen LogP contribution in [0.3, 0.4) is 0 Å². The number of rotatable bonds is 5. The second kappa shape index (κ2) is 5.69. The second-order valence-electron chi connectivity index (χ2n) is 3.84. The predicted molar refractivity (Wildman–Crippen MR) is 69.4 cm³/mol. The maximum absolute atomic E-state index is 10.9. The number of carbonyl (C=O) groups excluding carboxylic acids is 1. The van der Waals surface area contributed by atoms with Gasteiger partial charge in [-0.05, 0) is 18.6 Å². The molecule has 0 unspecified atom stereocenters. The van der Waals surface area contributed by atoms with E-state index >= 15 is 0 Å². The van der Waals surface area contributed by atoms with Crippen molar-refractivity contribution in [2.45, 2.75) is 19.9 Å². The number of hydrogen-bond acceptors (Lipinski definition) is 3. The molecular formula is C13H13ClN2O2. The number of carbonyl (C=O) groups is 1.